The van der Waals surface area contributed by atoms with Crippen molar-refractivity contribution in [2.75, 3.05) is 6.54 Å². The van der Waals surface area contributed by atoms with E-state index in [2.05, 4.69) is 0 Å². The summed E-state index contributed by atoms with van der Waals surface area (Å²) in [5, 5.41) is 9.61. The summed E-state index contributed by atoms with van der Waals surface area (Å²) in [5.41, 5.74) is 5.35. The number of halogens is 2. The van der Waals surface area contributed by atoms with Gasteiger partial charge in [0.15, 0.2) is 0 Å². The van der Waals surface area contributed by atoms with Crippen LogP contribution in [-0.4, -0.2) is 17.6 Å². The average Bonchev–Trinajstić information content (AvgIpc) is 2.14. The molecule has 1 aliphatic carbocycles. The summed E-state index contributed by atoms with van der Waals surface area (Å²) in [6.07, 6.45) is -0.540. The van der Waals surface area contributed by atoms with Crippen molar-refractivity contribution in [3.05, 3.63) is 29.8 Å². The third-order valence-corrected chi connectivity index (χ3v) is 3.06. The van der Waals surface area contributed by atoms with Crippen molar-refractivity contribution in [1.29, 1.82) is 0 Å². The fraction of sp³-hybridized carbons (Fsp3) is 0.455. The Bertz CT molecular complexity index is 371. The molecule has 82 valence electrons. The molecule has 0 unspecified atom stereocenters. The van der Waals surface area contributed by atoms with E-state index in [1.165, 1.54) is 6.07 Å². The zero-order chi connectivity index (χ0) is 11.1. The first-order chi connectivity index (χ1) is 6.99. The summed E-state index contributed by atoms with van der Waals surface area (Å²) in [6.45, 7) is 0.139. The highest BCUT2D eigenvalue weighted by Crippen LogP contribution is 2.54. The summed E-state index contributed by atoms with van der Waals surface area (Å²) in [5.74, 6) is -2.58. The molecule has 3 N–H and O–H groups in total. The Morgan fingerprint density at radius 2 is 1.87 bits per heavy atom. The number of nitrogens with two attached hydrogens (primary N) is 1. The highest BCUT2D eigenvalue weighted by Gasteiger charge is 2.57. The molecule has 1 aliphatic rings. The molecule has 0 aliphatic heterocycles. The Hall–Kier alpha value is -1.16. The van der Waals surface area contributed by atoms with E-state index >= 15 is 0 Å². The van der Waals surface area contributed by atoms with Crippen molar-refractivity contribution in [2.24, 2.45) is 5.73 Å². The van der Waals surface area contributed by atoms with Crippen molar-refractivity contribution >= 4 is 0 Å². The first-order valence-corrected chi connectivity index (χ1v) is 4.85. The van der Waals surface area contributed by atoms with Crippen LogP contribution in [-0.2, 0) is 5.41 Å². The maximum absolute atomic E-state index is 12.9. The van der Waals surface area contributed by atoms with Crippen molar-refractivity contribution in [1.82, 2.24) is 0 Å². The van der Waals surface area contributed by atoms with Crippen LogP contribution in [0, 0.1) is 0 Å². The standard InChI is InChI=1S/C11H13F2NO/c12-11(13)5-10(6-11,7-14)8-3-1-2-4-9(8)15/h1-4,15H,5-7,14H2. The molecule has 15 heavy (non-hydrogen) atoms. The van der Waals surface area contributed by atoms with Crippen LogP contribution in [0.3, 0.4) is 0 Å². The number of alkyl halides is 2. The fourth-order valence-corrected chi connectivity index (χ4v) is 2.31. The Morgan fingerprint density at radius 1 is 1.27 bits per heavy atom. The Labute approximate surface area is 86.7 Å². The molecule has 0 aromatic heterocycles. The van der Waals surface area contributed by atoms with Gasteiger partial charge in [0.25, 0.3) is 0 Å². The van der Waals surface area contributed by atoms with E-state index < -0.39 is 11.3 Å². The van der Waals surface area contributed by atoms with Crippen LogP contribution in [0.15, 0.2) is 24.3 Å². The van der Waals surface area contributed by atoms with Crippen LogP contribution >= 0.6 is 0 Å². The number of benzene rings is 1. The second-order valence-corrected chi connectivity index (χ2v) is 4.21. The Kier molecular flexibility index (Phi) is 2.19. The largest absolute Gasteiger partial charge is 0.508 e. The molecule has 1 aromatic rings. The molecule has 1 saturated carbocycles. The zero-order valence-corrected chi connectivity index (χ0v) is 8.21. The lowest BCUT2D eigenvalue weighted by Gasteiger charge is -2.47. The van der Waals surface area contributed by atoms with Crippen molar-refractivity contribution in [3.63, 3.8) is 0 Å². The van der Waals surface area contributed by atoms with Crippen LogP contribution in [0.2, 0.25) is 0 Å². The third-order valence-electron chi connectivity index (χ3n) is 3.06. The molecule has 0 spiro atoms. The van der Waals surface area contributed by atoms with Gasteiger partial charge in [-0.3, -0.25) is 0 Å². The molecular formula is C11H13F2NO. The topological polar surface area (TPSA) is 46.2 Å². The minimum atomic E-state index is -2.64. The Balaban J connectivity index is 2.34. The van der Waals surface area contributed by atoms with Gasteiger partial charge >= 0.3 is 0 Å². The first kappa shape index (κ1) is 10.4. The Morgan fingerprint density at radius 3 is 2.33 bits per heavy atom. The van der Waals surface area contributed by atoms with Gasteiger partial charge in [0.1, 0.15) is 5.75 Å². The maximum atomic E-state index is 12.9. The molecule has 0 bridgehead atoms. The lowest BCUT2D eigenvalue weighted by molar-refractivity contribution is -0.124. The molecule has 0 saturated heterocycles. The van der Waals surface area contributed by atoms with E-state index in [1.54, 1.807) is 18.2 Å². The quantitative estimate of drug-likeness (QED) is 0.789. The second-order valence-electron chi connectivity index (χ2n) is 4.21. The van der Waals surface area contributed by atoms with Crippen molar-refractivity contribution in [3.8, 4) is 5.75 Å². The summed E-state index contributed by atoms with van der Waals surface area (Å²) in [4.78, 5) is 0. The van der Waals surface area contributed by atoms with Crippen LogP contribution in [0.5, 0.6) is 5.75 Å². The number of rotatable bonds is 2. The molecule has 0 heterocycles. The van der Waals surface area contributed by atoms with Gasteiger partial charge in [0.05, 0.1) is 0 Å². The number of para-hydroxylation sites is 1. The van der Waals surface area contributed by atoms with E-state index in [9.17, 15) is 13.9 Å². The SMILES string of the molecule is NCC1(c2ccccc2O)CC(F)(F)C1. The molecule has 0 atom stereocenters. The minimum Gasteiger partial charge on any atom is -0.508 e. The van der Waals surface area contributed by atoms with Gasteiger partial charge in [-0.1, -0.05) is 18.2 Å². The van der Waals surface area contributed by atoms with E-state index in [0.717, 1.165) is 0 Å². The molecule has 4 heteroatoms. The average molecular weight is 213 g/mol. The number of hydrogen-bond donors (Lipinski definition) is 2. The number of phenolic OH excluding ortho intramolecular Hbond substituents is 1. The maximum Gasteiger partial charge on any atom is 0.250 e. The van der Waals surface area contributed by atoms with Crippen molar-refractivity contribution in [2.45, 2.75) is 24.2 Å². The fourth-order valence-electron chi connectivity index (χ4n) is 2.31. The molecule has 0 radical (unpaired) electrons. The van der Waals surface area contributed by atoms with E-state index in [-0.39, 0.29) is 25.1 Å². The summed E-state index contributed by atoms with van der Waals surface area (Å²) >= 11 is 0. The number of hydrogen-bond acceptors (Lipinski definition) is 2. The van der Waals surface area contributed by atoms with Gasteiger partial charge in [0.2, 0.25) is 5.92 Å². The number of aromatic hydroxyl groups is 1. The van der Waals surface area contributed by atoms with Gasteiger partial charge in [-0.05, 0) is 6.07 Å². The minimum absolute atomic E-state index is 0.0541. The normalized spacial score (nSPS) is 22.1. The van der Waals surface area contributed by atoms with Crippen LogP contribution in [0.25, 0.3) is 0 Å². The van der Waals surface area contributed by atoms with Gasteiger partial charge in [-0.2, -0.15) is 0 Å². The van der Waals surface area contributed by atoms with Gasteiger partial charge in [0, 0.05) is 30.4 Å². The smallest absolute Gasteiger partial charge is 0.250 e. The van der Waals surface area contributed by atoms with Gasteiger partial charge in [-0.25, -0.2) is 8.78 Å². The zero-order valence-electron chi connectivity index (χ0n) is 8.21. The molecule has 0 amide bonds. The lowest BCUT2D eigenvalue weighted by Crippen LogP contribution is -2.53. The van der Waals surface area contributed by atoms with Crippen molar-refractivity contribution < 1.29 is 13.9 Å². The van der Waals surface area contributed by atoms with Gasteiger partial charge in [-0.15, -0.1) is 0 Å². The molecule has 2 nitrogen and oxygen atoms in total. The second kappa shape index (κ2) is 3.17. The molecule has 1 fully saturated rings. The molecule has 1 aromatic carbocycles. The van der Waals surface area contributed by atoms with Crippen LogP contribution < -0.4 is 5.73 Å². The van der Waals surface area contributed by atoms with E-state index in [0.29, 0.717) is 5.56 Å². The molecular weight excluding hydrogens is 200 g/mol. The number of phenols is 1. The van der Waals surface area contributed by atoms with Gasteiger partial charge < -0.3 is 10.8 Å². The molecule has 2 rings (SSSR count). The predicted molar refractivity (Wildman–Crippen MR) is 53.0 cm³/mol. The highest BCUT2D eigenvalue weighted by molar-refractivity contribution is 5.41. The van der Waals surface area contributed by atoms with E-state index in [1.807, 2.05) is 0 Å². The predicted octanol–water partition coefficient (Wildman–Crippen LogP) is 2.02. The van der Waals surface area contributed by atoms with Crippen LogP contribution in [0.4, 0.5) is 8.78 Å². The summed E-state index contributed by atoms with van der Waals surface area (Å²) < 4.78 is 25.8. The van der Waals surface area contributed by atoms with E-state index in [4.69, 9.17) is 5.73 Å². The monoisotopic (exact) mass is 213 g/mol. The van der Waals surface area contributed by atoms with Crippen LogP contribution in [0.1, 0.15) is 18.4 Å². The summed E-state index contributed by atoms with van der Waals surface area (Å²) in [6, 6.07) is 6.56. The first-order valence-electron chi connectivity index (χ1n) is 4.85. The highest BCUT2D eigenvalue weighted by atomic mass is 19.3. The summed E-state index contributed by atoms with van der Waals surface area (Å²) in [7, 11) is 0. The lowest BCUT2D eigenvalue weighted by atomic mass is 9.62. The third kappa shape index (κ3) is 1.59.